The van der Waals surface area contributed by atoms with Gasteiger partial charge in [-0.3, -0.25) is 0 Å². The summed E-state index contributed by atoms with van der Waals surface area (Å²) in [5, 5.41) is 20.9. The summed E-state index contributed by atoms with van der Waals surface area (Å²) >= 11 is 0. The topological polar surface area (TPSA) is 40.5 Å². The SMILES string of the molecule is C=C1C[C@]23CC1(O)CC[C@H]2c1cccc(C)c1[C@@H]3CO. The molecule has 2 fully saturated rings. The molecule has 0 amide bonds. The summed E-state index contributed by atoms with van der Waals surface area (Å²) in [5.74, 6) is 0.642. The number of hydrogen-bond acceptors (Lipinski definition) is 2. The summed E-state index contributed by atoms with van der Waals surface area (Å²) in [6.07, 6.45) is 3.49. The molecule has 2 heteroatoms. The Kier molecular flexibility index (Phi) is 2.36. The first-order valence-corrected chi connectivity index (χ1v) is 7.63. The number of aryl methyl sites for hydroxylation is 1. The molecule has 2 saturated carbocycles. The zero-order chi connectivity index (χ0) is 14.1. The largest absolute Gasteiger partial charge is 0.396 e. The van der Waals surface area contributed by atoms with Crippen molar-refractivity contribution in [1.82, 2.24) is 0 Å². The van der Waals surface area contributed by atoms with Gasteiger partial charge in [0.25, 0.3) is 0 Å². The van der Waals surface area contributed by atoms with Crippen LogP contribution in [0.3, 0.4) is 0 Å². The van der Waals surface area contributed by atoms with Crippen molar-refractivity contribution in [2.45, 2.75) is 50.0 Å². The van der Waals surface area contributed by atoms with E-state index in [0.717, 1.165) is 31.3 Å². The third-order valence-electron chi connectivity index (χ3n) is 6.32. The van der Waals surface area contributed by atoms with E-state index in [1.54, 1.807) is 0 Å². The monoisotopic (exact) mass is 270 g/mol. The Morgan fingerprint density at radius 2 is 2.20 bits per heavy atom. The maximum absolute atomic E-state index is 10.8. The Morgan fingerprint density at radius 1 is 1.40 bits per heavy atom. The van der Waals surface area contributed by atoms with Crippen molar-refractivity contribution in [3.8, 4) is 0 Å². The maximum atomic E-state index is 10.8. The van der Waals surface area contributed by atoms with Crippen LogP contribution in [-0.2, 0) is 0 Å². The highest BCUT2D eigenvalue weighted by Crippen LogP contribution is 2.71. The van der Waals surface area contributed by atoms with Gasteiger partial charge < -0.3 is 10.2 Å². The zero-order valence-electron chi connectivity index (χ0n) is 12.0. The Morgan fingerprint density at radius 3 is 2.95 bits per heavy atom. The van der Waals surface area contributed by atoms with Crippen LogP contribution in [0.5, 0.6) is 0 Å². The van der Waals surface area contributed by atoms with Crippen molar-refractivity contribution < 1.29 is 10.2 Å². The highest BCUT2D eigenvalue weighted by molar-refractivity contribution is 5.51. The summed E-state index contributed by atoms with van der Waals surface area (Å²) in [4.78, 5) is 0. The minimum absolute atomic E-state index is 0.00722. The molecule has 106 valence electrons. The molecule has 1 aromatic carbocycles. The first kappa shape index (κ1) is 12.6. The molecule has 1 spiro atoms. The molecule has 2 bridgehead atoms. The van der Waals surface area contributed by atoms with Gasteiger partial charge in [0, 0.05) is 5.92 Å². The molecule has 3 aliphatic rings. The van der Waals surface area contributed by atoms with Gasteiger partial charge in [-0.05, 0) is 66.2 Å². The fourth-order valence-corrected chi connectivity index (χ4v) is 5.47. The number of benzene rings is 1. The molecule has 0 saturated heterocycles. The Balaban J connectivity index is 1.94. The molecule has 0 aliphatic heterocycles. The van der Waals surface area contributed by atoms with E-state index in [0.29, 0.717) is 5.92 Å². The molecule has 3 aliphatic carbocycles. The average molecular weight is 270 g/mol. The molecule has 2 N–H and O–H groups in total. The van der Waals surface area contributed by atoms with Crippen molar-refractivity contribution in [3.63, 3.8) is 0 Å². The van der Waals surface area contributed by atoms with Crippen molar-refractivity contribution in [3.05, 3.63) is 47.0 Å². The quantitative estimate of drug-likeness (QED) is 0.770. The molecule has 20 heavy (non-hydrogen) atoms. The normalized spacial score (nSPS) is 41.6. The number of rotatable bonds is 1. The van der Waals surface area contributed by atoms with Crippen molar-refractivity contribution in [2.24, 2.45) is 5.41 Å². The smallest absolute Gasteiger partial charge is 0.0860 e. The Hall–Kier alpha value is -1.12. The van der Waals surface area contributed by atoms with E-state index in [2.05, 4.69) is 31.7 Å². The minimum Gasteiger partial charge on any atom is -0.396 e. The molecular formula is C18H22O2. The molecule has 1 aromatic rings. The van der Waals surface area contributed by atoms with Gasteiger partial charge in [-0.15, -0.1) is 0 Å². The lowest BCUT2D eigenvalue weighted by molar-refractivity contribution is -0.000939. The molecule has 4 atom stereocenters. The number of aliphatic hydroxyl groups excluding tert-OH is 1. The second kappa shape index (κ2) is 3.75. The molecule has 0 radical (unpaired) electrons. The van der Waals surface area contributed by atoms with Crippen molar-refractivity contribution in [1.29, 1.82) is 0 Å². The number of aliphatic hydroxyl groups is 2. The van der Waals surface area contributed by atoms with Crippen molar-refractivity contribution >= 4 is 0 Å². The highest BCUT2D eigenvalue weighted by atomic mass is 16.3. The second-order valence-corrected chi connectivity index (χ2v) is 7.13. The average Bonchev–Trinajstić information content (AvgIpc) is 2.79. The van der Waals surface area contributed by atoms with Gasteiger partial charge in [-0.2, -0.15) is 0 Å². The molecular weight excluding hydrogens is 248 g/mol. The summed E-state index contributed by atoms with van der Waals surface area (Å²) in [6, 6.07) is 6.51. The van der Waals surface area contributed by atoms with Crippen LogP contribution in [-0.4, -0.2) is 22.4 Å². The standard InChI is InChI=1S/C18H22O2/c1-11-4-3-5-13-14-6-7-18(20)10-17(14,8-12(18)2)15(9-19)16(11)13/h3-5,14-15,19-20H,2,6-10H2,1H3/t14-,15-,17-,18?/m0/s1. The van der Waals surface area contributed by atoms with Gasteiger partial charge >= 0.3 is 0 Å². The van der Waals surface area contributed by atoms with Gasteiger partial charge in [0.2, 0.25) is 0 Å². The van der Waals surface area contributed by atoms with Gasteiger partial charge in [0.05, 0.1) is 12.2 Å². The highest BCUT2D eigenvalue weighted by Gasteiger charge is 2.63. The van der Waals surface area contributed by atoms with Crippen LogP contribution in [0.15, 0.2) is 30.4 Å². The van der Waals surface area contributed by atoms with Crippen LogP contribution in [0.1, 0.15) is 54.2 Å². The van der Waals surface area contributed by atoms with Crippen LogP contribution in [0.25, 0.3) is 0 Å². The van der Waals surface area contributed by atoms with E-state index in [1.807, 2.05) is 0 Å². The number of fused-ring (bicyclic) bond motifs is 3. The fourth-order valence-electron chi connectivity index (χ4n) is 5.47. The third-order valence-corrected chi connectivity index (χ3v) is 6.32. The fraction of sp³-hybridized carbons (Fsp3) is 0.556. The van der Waals surface area contributed by atoms with E-state index < -0.39 is 5.60 Å². The summed E-state index contributed by atoms with van der Waals surface area (Å²) < 4.78 is 0. The van der Waals surface area contributed by atoms with Gasteiger partial charge in [0.15, 0.2) is 0 Å². The molecule has 0 heterocycles. The van der Waals surface area contributed by atoms with E-state index in [9.17, 15) is 10.2 Å². The molecule has 1 unspecified atom stereocenters. The van der Waals surface area contributed by atoms with Crippen LogP contribution >= 0.6 is 0 Å². The summed E-state index contributed by atoms with van der Waals surface area (Å²) in [7, 11) is 0. The van der Waals surface area contributed by atoms with E-state index in [1.165, 1.54) is 16.7 Å². The van der Waals surface area contributed by atoms with E-state index in [4.69, 9.17) is 0 Å². The molecule has 4 rings (SSSR count). The molecule has 2 nitrogen and oxygen atoms in total. The third kappa shape index (κ3) is 1.27. The van der Waals surface area contributed by atoms with Crippen molar-refractivity contribution in [2.75, 3.05) is 6.61 Å². The minimum atomic E-state index is -0.681. The second-order valence-electron chi connectivity index (χ2n) is 7.13. The van der Waals surface area contributed by atoms with E-state index >= 15 is 0 Å². The van der Waals surface area contributed by atoms with E-state index in [-0.39, 0.29) is 17.9 Å². The van der Waals surface area contributed by atoms with Crippen LogP contribution in [0.2, 0.25) is 0 Å². The molecule has 0 aromatic heterocycles. The number of hydrogen-bond donors (Lipinski definition) is 2. The van der Waals surface area contributed by atoms with Crippen LogP contribution in [0.4, 0.5) is 0 Å². The lowest BCUT2D eigenvalue weighted by atomic mass is 9.63. The Labute approximate surface area is 120 Å². The first-order chi connectivity index (χ1) is 9.52. The lowest BCUT2D eigenvalue weighted by Gasteiger charge is -2.42. The van der Waals surface area contributed by atoms with Gasteiger partial charge in [0.1, 0.15) is 0 Å². The summed E-state index contributed by atoms with van der Waals surface area (Å²) in [6.45, 7) is 6.47. The maximum Gasteiger partial charge on any atom is 0.0860 e. The predicted molar refractivity (Wildman–Crippen MR) is 78.7 cm³/mol. The summed E-state index contributed by atoms with van der Waals surface area (Å²) in [5.41, 5.74) is 4.36. The van der Waals surface area contributed by atoms with Gasteiger partial charge in [-0.1, -0.05) is 24.8 Å². The van der Waals surface area contributed by atoms with Crippen LogP contribution in [0, 0.1) is 12.3 Å². The predicted octanol–water partition coefficient (Wildman–Crippen LogP) is 3.03. The van der Waals surface area contributed by atoms with Gasteiger partial charge in [-0.25, -0.2) is 0 Å². The zero-order valence-corrected chi connectivity index (χ0v) is 12.0. The first-order valence-electron chi connectivity index (χ1n) is 7.63. The van der Waals surface area contributed by atoms with Crippen LogP contribution < -0.4 is 0 Å². The lowest BCUT2D eigenvalue weighted by Crippen LogP contribution is -2.38. The Bertz CT molecular complexity index is 605.